The minimum atomic E-state index is -2.08. The summed E-state index contributed by atoms with van der Waals surface area (Å²) >= 11 is 0. The first-order chi connectivity index (χ1) is 5.24. The van der Waals surface area contributed by atoms with Crippen LogP contribution in [0.15, 0.2) is 0 Å². The predicted molar refractivity (Wildman–Crippen MR) is 41.7 cm³/mol. The molecule has 0 N–H and O–H groups in total. The highest BCUT2D eigenvalue weighted by Crippen LogP contribution is 2.33. The smallest absolute Gasteiger partial charge is 0.210 e. The van der Waals surface area contributed by atoms with Crippen molar-refractivity contribution in [2.24, 2.45) is 11.8 Å². The molecule has 0 heterocycles. The molecule has 0 saturated heterocycles. The highest BCUT2D eigenvalue weighted by atomic mass is 19.3. The van der Waals surface area contributed by atoms with Crippen LogP contribution in [0.25, 0.3) is 0 Å². The van der Waals surface area contributed by atoms with Crippen LogP contribution >= 0.6 is 0 Å². The van der Waals surface area contributed by atoms with Crippen molar-refractivity contribution >= 4 is 0 Å². The molecule has 0 atom stereocenters. The van der Waals surface area contributed by atoms with Crippen molar-refractivity contribution in [1.82, 2.24) is 0 Å². The molecular formula is C9H16F2. The molecule has 0 nitrogen and oxygen atoms in total. The molecule has 0 radical (unpaired) electrons. The summed E-state index contributed by atoms with van der Waals surface area (Å²) < 4.78 is 24.3. The quantitative estimate of drug-likeness (QED) is 0.583. The van der Waals surface area contributed by atoms with Crippen LogP contribution in [0.2, 0.25) is 0 Å². The third kappa shape index (κ3) is 2.42. The van der Waals surface area contributed by atoms with E-state index in [4.69, 9.17) is 0 Å². The van der Waals surface area contributed by atoms with Crippen molar-refractivity contribution in [2.75, 3.05) is 0 Å². The fourth-order valence-corrected chi connectivity index (χ4v) is 1.85. The molecule has 66 valence electrons. The van der Waals surface area contributed by atoms with Gasteiger partial charge in [-0.15, -0.1) is 0 Å². The van der Waals surface area contributed by atoms with E-state index in [0.717, 1.165) is 38.0 Å². The molecular weight excluding hydrogens is 146 g/mol. The maximum atomic E-state index is 12.2. The Labute approximate surface area is 67.0 Å². The zero-order chi connectivity index (χ0) is 8.27. The number of hydrogen-bond donors (Lipinski definition) is 0. The van der Waals surface area contributed by atoms with Gasteiger partial charge in [0.05, 0.1) is 0 Å². The molecule has 0 bridgehead atoms. The first kappa shape index (κ1) is 8.95. The summed E-state index contributed by atoms with van der Waals surface area (Å²) in [5, 5.41) is 0. The molecule has 0 spiro atoms. The Hall–Kier alpha value is -0.140. The number of halogens is 2. The lowest BCUT2D eigenvalue weighted by atomic mass is 9.81. The molecule has 0 aromatic heterocycles. The second-order valence-corrected chi connectivity index (χ2v) is 3.52. The zero-order valence-corrected chi connectivity index (χ0v) is 7.02. The Bertz CT molecular complexity index is 104. The van der Waals surface area contributed by atoms with Crippen LogP contribution in [-0.4, -0.2) is 6.43 Å². The molecule has 0 aromatic rings. The lowest BCUT2D eigenvalue weighted by molar-refractivity contribution is 0.0462. The average molecular weight is 162 g/mol. The first-order valence-corrected chi connectivity index (χ1v) is 4.52. The fourth-order valence-electron chi connectivity index (χ4n) is 1.85. The van der Waals surface area contributed by atoms with Crippen LogP contribution in [0.3, 0.4) is 0 Å². The maximum Gasteiger partial charge on any atom is 0.241 e. The Kier molecular flexibility index (Phi) is 3.28. The van der Waals surface area contributed by atoms with Gasteiger partial charge in [0.25, 0.3) is 0 Å². The lowest BCUT2D eigenvalue weighted by Gasteiger charge is -2.26. The van der Waals surface area contributed by atoms with E-state index in [9.17, 15) is 8.78 Å². The highest BCUT2D eigenvalue weighted by molar-refractivity contribution is 4.72. The van der Waals surface area contributed by atoms with Crippen LogP contribution in [0, 0.1) is 11.8 Å². The summed E-state index contributed by atoms with van der Waals surface area (Å²) in [6.07, 6.45) is 2.62. The molecule has 0 unspecified atom stereocenters. The molecule has 1 saturated carbocycles. The van der Waals surface area contributed by atoms with E-state index in [1.807, 2.05) is 0 Å². The van der Waals surface area contributed by atoms with Gasteiger partial charge >= 0.3 is 0 Å². The van der Waals surface area contributed by atoms with E-state index in [-0.39, 0.29) is 5.92 Å². The van der Waals surface area contributed by atoms with Crippen molar-refractivity contribution in [1.29, 1.82) is 0 Å². The van der Waals surface area contributed by atoms with Crippen molar-refractivity contribution in [3.05, 3.63) is 0 Å². The summed E-state index contributed by atoms with van der Waals surface area (Å²) in [5.74, 6) is 0.433. The highest BCUT2D eigenvalue weighted by Gasteiger charge is 2.26. The molecule has 1 aliphatic carbocycles. The topological polar surface area (TPSA) is 0 Å². The molecule has 1 aliphatic rings. The summed E-state index contributed by atoms with van der Waals surface area (Å²) in [6.45, 7) is 2.15. The van der Waals surface area contributed by atoms with Gasteiger partial charge < -0.3 is 0 Å². The third-order valence-corrected chi connectivity index (χ3v) is 2.83. The van der Waals surface area contributed by atoms with Crippen molar-refractivity contribution < 1.29 is 8.78 Å². The molecule has 0 amide bonds. The van der Waals surface area contributed by atoms with Gasteiger partial charge in [0.15, 0.2) is 0 Å². The monoisotopic (exact) mass is 162 g/mol. The Morgan fingerprint density at radius 1 is 1.18 bits per heavy atom. The van der Waals surface area contributed by atoms with Crippen LogP contribution in [0.5, 0.6) is 0 Å². The van der Waals surface area contributed by atoms with Crippen molar-refractivity contribution in [2.45, 2.75) is 45.5 Å². The summed E-state index contributed by atoms with van der Waals surface area (Å²) in [4.78, 5) is 0. The van der Waals surface area contributed by atoms with E-state index in [0.29, 0.717) is 0 Å². The van der Waals surface area contributed by atoms with Gasteiger partial charge in [-0.3, -0.25) is 0 Å². The molecule has 0 aromatic carbocycles. The second-order valence-electron chi connectivity index (χ2n) is 3.52. The number of alkyl halides is 2. The molecule has 1 rings (SSSR count). The van der Waals surface area contributed by atoms with Gasteiger partial charge in [0.2, 0.25) is 6.43 Å². The molecule has 1 fully saturated rings. The lowest BCUT2D eigenvalue weighted by Crippen LogP contribution is -2.19. The molecule has 0 aliphatic heterocycles. The van der Waals surface area contributed by atoms with E-state index in [2.05, 4.69) is 6.92 Å². The van der Waals surface area contributed by atoms with Crippen molar-refractivity contribution in [3.8, 4) is 0 Å². The Morgan fingerprint density at radius 2 is 1.73 bits per heavy atom. The van der Waals surface area contributed by atoms with Crippen LogP contribution < -0.4 is 0 Å². The Morgan fingerprint density at radius 3 is 2.09 bits per heavy atom. The van der Waals surface area contributed by atoms with Gasteiger partial charge in [-0.05, 0) is 31.6 Å². The normalized spacial score (nSPS) is 32.7. The van der Waals surface area contributed by atoms with E-state index < -0.39 is 6.43 Å². The number of rotatable bonds is 2. The van der Waals surface area contributed by atoms with Crippen molar-refractivity contribution in [3.63, 3.8) is 0 Å². The fraction of sp³-hybridized carbons (Fsp3) is 1.00. The molecule has 2 heteroatoms. The number of hydrogen-bond acceptors (Lipinski definition) is 0. The minimum Gasteiger partial charge on any atom is -0.210 e. The maximum absolute atomic E-state index is 12.2. The summed E-state index contributed by atoms with van der Waals surface area (Å²) in [6, 6.07) is 0. The van der Waals surface area contributed by atoms with E-state index in [1.165, 1.54) is 0 Å². The van der Waals surface area contributed by atoms with Gasteiger partial charge in [0.1, 0.15) is 0 Å². The summed E-state index contributed by atoms with van der Waals surface area (Å²) in [7, 11) is 0. The summed E-state index contributed by atoms with van der Waals surface area (Å²) in [5.41, 5.74) is 0. The Balaban J connectivity index is 2.24. The van der Waals surface area contributed by atoms with E-state index in [1.54, 1.807) is 0 Å². The minimum absolute atomic E-state index is 0.294. The second kappa shape index (κ2) is 4.03. The zero-order valence-electron chi connectivity index (χ0n) is 7.02. The largest absolute Gasteiger partial charge is 0.241 e. The van der Waals surface area contributed by atoms with Crippen LogP contribution in [-0.2, 0) is 0 Å². The molecule has 11 heavy (non-hydrogen) atoms. The van der Waals surface area contributed by atoms with Crippen LogP contribution in [0.4, 0.5) is 8.78 Å². The standard InChI is InChI=1S/C9H16F2/c1-2-7-3-5-8(6-4-7)9(10)11/h7-9H,2-6H2,1H3. The average Bonchev–Trinajstić information content (AvgIpc) is 2.05. The first-order valence-electron chi connectivity index (χ1n) is 4.52. The van der Waals surface area contributed by atoms with Gasteiger partial charge in [-0.25, -0.2) is 8.78 Å². The van der Waals surface area contributed by atoms with Gasteiger partial charge in [0, 0.05) is 5.92 Å². The predicted octanol–water partition coefficient (Wildman–Crippen LogP) is 3.47. The van der Waals surface area contributed by atoms with Crippen LogP contribution in [0.1, 0.15) is 39.0 Å². The SMILES string of the molecule is CCC1CCC(C(F)F)CC1. The van der Waals surface area contributed by atoms with Gasteiger partial charge in [-0.1, -0.05) is 13.3 Å². The van der Waals surface area contributed by atoms with E-state index >= 15 is 0 Å². The van der Waals surface area contributed by atoms with Gasteiger partial charge in [-0.2, -0.15) is 0 Å². The third-order valence-electron chi connectivity index (χ3n) is 2.83.